The molecule has 6 heteroatoms. The van der Waals surface area contributed by atoms with Crippen LogP contribution >= 0.6 is 0 Å². The first-order valence-corrected chi connectivity index (χ1v) is 8.89. The minimum atomic E-state index is -3.56. The average Bonchev–Trinajstić information content (AvgIpc) is 2.75. The second-order valence-corrected chi connectivity index (χ2v) is 6.56. The number of para-hydroxylation sites is 1. The van der Waals surface area contributed by atoms with Crippen molar-refractivity contribution in [3.05, 3.63) is 30.0 Å². The van der Waals surface area contributed by atoms with Crippen molar-refractivity contribution in [2.75, 3.05) is 19.5 Å². The molecule has 0 saturated carbocycles. The van der Waals surface area contributed by atoms with E-state index in [0.29, 0.717) is 18.8 Å². The largest absolute Gasteiger partial charge is 0.381 e. The Morgan fingerprint density at radius 1 is 1.19 bits per heavy atom. The van der Waals surface area contributed by atoms with E-state index in [-0.39, 0.29) is 0 Å². The van der Waals surface area contributed by atoms with Crippen molar-refractivity contribution in [3.63, 3.8) is 0 Å². The van der Waals surface area contributed by atoms with Gasteiger partial charge in [-0.05, 0) is 18.6 Å². The van der Waals surface area contributed by atoms with Crippen LogP contribution in [0.15, 0.2) is 24.3 Å². The fourth-order valence-electron chi connectivity index (χ4n) is 2.12. The third-order valence-corrected chi connectivity index (χ3v) is 3.57. The summed E-state index contributed by atoms with van der Waals surface area (Å²) in [5, 5.41) is 0.770. The quantitative estimate of drug-likeness (QED) is 0.601. The molecule has 1 aromatic carbocycles. The molecule has 0 fully saturated rings. The van der Waals surface area contributed by atoms with Crippen LogP contribution in [0.25, 0.3) is 10.9 Å². The molecule has 0 atom stereocenters. The van der Waals surface area contributed by atoms with Crippen LogP contribution in [0.1, 0.15) is 25.5 Å². The van der Waals surface area contributed by atoms with Gasteiger partial charge in [0.05, 0.1) is 18.6 Å². The van der Waals surface area contributed by atoms with Crippen molar-refractivity contribution in [1.29, 1.82) is 0 Å². The monoisotopic (exact) mass is 311 g/mol. The van der Waals surface area contributed by atoms with Gasteiger partial charge in [-0.3, -0.25) is 0 Å². The van der Waals surface area contributed by atoms with E-state index in [9.17, 15) is 8.42 Å². The van der Waals surface area contributed by atoms with Gasteiger partial charge in [-0.2, -0.15) is 8.42 Å². The third-order valence-electron chi connectivity index (χ3n) is 3.10. The molecule has 0 amide bonds. The lowest BCUT2D eigenvalue weighted by molar-refractivity contribution is 0.133. The van der Waals surface area contributed by atoms with E-state index in [2.05, 4.69) is 11.9 Å². The summed E-state index contributed by atoms with van der Waals surface area (Å²) in [6.45, 7) is 3.37. The number of aromatic amines is 1. The topological polar surface area (TPSA) is 68.4 Å². The zero-order valence-electron chi connectivity index (χ0n) is 12.4. The van der Waals surface area contributed by atoms with Crippen molar-refractivity contribution in [1.82, 2.24) is 4.98 Å². The van der Waals surface area contributed by atoms with Crippen LogP contribution in [-0.2, 0) is 21.3 Å². The van der Waals surface area contributed by atoms with Crippen molar-refractivity contribution >= 4 is 21.0 Å². The molecule has 1 N–H and O–H groups in total. The Balaban J connectivity index is 2.19. The summed E-state index contributed by atoms with van der Waals surface area (Å²) in [4.78, 5) is 3.21. The summed E-state index contributed by atoms with van der Waals surface area (Å²) in [6, 6.07) is 7.48. The SMILES string of the molecule is CCCCOCCc1[nH]c2ccccc2c1OS(C)(=O)=O. The molecule has 0 spiro atoms. The maximum absolute atomic E-state index is 11.4. The summed E-state index contributed by atoms with van der Waals surface area (Å²) in [5.41, 5.74) is 1.61. The number of hydrogen-bond acceptors (Lipinski definition) is 4. The zero-order valence-corrected chi connectivity index (χ0v) is 13.2. The van der Waals surface area contributed by atoms with Crippen LogP contribution in [-0.4, -0.2) is 32.9 Å². The van der Waals surface area contributed by atoms with Gasteiger partial charge in [-0.25, -0.2) is 0 Å². The molecular formula is C15H21NO4S. The van der Waals surface area contributed by atoms with Crippen LogP contribution in [0, 0.1) is 0 Å². The molecule has 116 valence electrons. The molecule has 0 aliphatic carbocycles. The van der Waals surface area contributed by atoms with Gasteiger partial charge in [-0.15, -0.1) is 0 Å². The number of hydrogen-bond donors (Lipinski definition) is 1. The Kier molecular flexibility index (Phi) is 5.25. The number of ether oxygens (including phenoxy) is 1. The van der Waals surface area contributed by atoms with Gasteiger partial charge in [0.1, 0.15) is 0 Å². The van der Waals surface area contributed by atoms with E-state index in [1.54, 1.807) is 0 Å². The highest BCUT2D eigenvalue weighted by Crippen LogP contribution is 2.31. The smallest absolute Gasteiger partial charge is 0.306 e. The predicted octanol–water partition coefficient (Wildman–Crippen LogP) is 2.87. The molecule has 5 nitrogen and oxygen atoms in total. The number of rotatable bonds is 8. The summed E-state index contributed by atoms with van der Waals surface area (Å²) in [6.07, 6.45) is 3.76. The predicted molar refractivity (Wildman–Crippen MR) is 83.2 cm³/mol. The van der Waals surface area contributed by atoms with E-state index < -0.39 is 10.1 Å². The molecule has 0 aliphatic heterocycles. The maximum atomic E-state index is 11.4. The summed E-state index contributed by atoms with van der Waals surface area (Å²) in [5.74, 6) is 0.382. The lowest BCUT2D eigenvalue weighted by atomic mass is 10.2. The van der Waals surface area contributed by atoms with E-state index in [0.717, 1.165) is 42.3 Å². The Morgan fingerprint density at radius 2 is 1.95 bits per heavy atom. The van der Waals surface area contributed by atoms with Crippen LogP contribution in [0.5, 0.6) is 5.75 Å². The maximum Gasteiger partial charge on any atom is 0.306 e. The number of aromatic nitrogens is 1. The Labute approximate surface area is 125 Å². The second-order valence-electron chi connectivity index (χ2n) is 4.98. The fraction of sp³-hybridized carbons (Fsp3) is 0.467. The summed E-state index contributed by atoms with van der Waals surface area (Å²) < 4.78 is 33.6. The number of benzene rings is 1. The van der Waals surface area contributed by atoms with Crippen LogP contribution in [0.3, 0.4) is 0 Å². The summed E-state index contributed by atoms with van der Waals surface area (Å²) in [7, 11) is -3.56. The minimum absolute atomic E-state index is 0.382. The highest BCUT2D eigenvalue weighted by molar-refractivity contribution is 7.86. The molecule has 0 bridgehead atoms. The van der Waals surface area contributed by atoms with Gasteiger partial charge in [0.25, 0.3) is 0 Å². The van der Waals surface area contributed by atoms with Crippen LogP contribution in [0.2, 0.25) is 0 Å². The first-order chi connectivity index (χ1) is 10.0. The van der Waals surface area contributed by atoms with E-state index in [4.69, 9.17) is 8.92 Å². The lowest BCUT2D eigenvalue weighted by Gasteiger charge is -2.06. The Hall–Kier alpha value is -1.53. The number of H-pyrrole nitrogens is 1. The van der Waals surface area contributed by atoms with E-state index in [1.165, 1.54) is 0 Å². The number of unbranched alkanes of at least 4 members (excludes halogenated alkanes) is 1. The first kappa shape index (κ1) is 15.9. The van der Waals surface area contributed by atoms with Gasteiger partial charge >= 0.3 is 10.1 Å². The molecular weight excluding hydrogens is 290 g/mol. The highest BCUT2D eigenvalue weighted by atomic mass is 32.2. The van der Waals surface area contributed by atoms with Gasteiger partial charge in [0.15, 0.2) is 5.75 Å². The molecule has 0 saturated heterocycles. The summed E-state index contributed by atoms with van der Waals surface area (Å²) >= 11 is 0. The van der Waals surface area contributed by atoms with Crippen molar-refractivity contribution in [2.45, 2.75) is 26.2 Å². The van der Waals surface area contributed by atoms with Crippen molar-refractivity contribution < 1.29 is 17.3 Å². The molecule has 21 heavy (non-hydrogen) atoms. The third kappa shape index (κ3) is 4.47. The van der Waals surface area contributed by atoms with E-state index in [1.807, 2.05) is 24.3 Å². The van der Waals surface area contributed by atoms with Gasteiger partial charge < -0.3 is 13.9 Å². The molecule has 1 aromatic heterocycles. The van der Waals surface area contributed by atoms with Crippen LogP contribution in [0.4, 0.5) is 0 Å². The Morgan fingerprint density at radius 3 is 2.67 bits per heavy atom. The second kappa shape index (κ2) is 6.95. The van der Waals surface area contributed by atoms with Gasteiger partial charge in [0.2, 0.25) is 0 Å². The molecule has 2 aromatic rings. The molecule has 0 aliphatic rings. The molecule has 1 heterocycles. The Bertz CT molecular complexity index is 691. The molecule has 2 rings (SSSR count). The first-order valence-electron chi connectivity index (χ1n) is 7.08. The van der Waals surface area contributed by atoms with Gasteiger partial charge in [0, 0.05) is 23.9 Å². The fourth-order valence-corrected chi connectivity index (χ4v) is 2.61. The minimum Gasteiger partial charge on any atom is -0.381 e. The molecule has 0 radical (unpaired) electrons. The standard InChI is InChI=1S/C15H21NO4S/c1-3-4-10-19-11-9-14-15(20-21(2,17)18)12-7-5-6-8-13(12)16-14/h5-8,16H,3-4,9-11H2,1-2H3. The van der Waals surface area contributed by atoms with E-state index >= 15 is 0 Å². The van der Waals surface area contributed by atoms with Crippen molar-refractivity contribution in [3.8, 4) is 5.75 Å². The average molecular weight is 311 g/mol. The van der Waals surface area contributed by atoms with Crippen molar-refractivity contribution in [2.24, 2.45) is 0 Å². The van der Waals surface area contributed by atoms with Gasteiger partial charge in [-0.1, -0.05) is 25.5 Å². The van der Waals surface area contributed by atoms with Crippen LogP contribution < -0.4 is 4.18 Å². The molecule has 0 unspecified atom stereocenters. The highest BCUT2D eigenvalue weighted by Gasteiger charge is 2.16. The lowest BCUT2D eigenvalue weighted by Crippen LogP contribution is -2.08. The normalized spacial score (nSPS) is 11.9. The number of nitrogens with one attached hydrogen (secondary N) is 1. The zero-order chi connectivity index (χ0) is 15.3. The number of fused-ring (bicyclic) bond motifs is 1.